The Morgan fingerprint density at radius 1 is 1.40 bits per heavy atom. The highest BCUT2D eigenvalue weighted by Crippen LogP contribution is 2.29. The number of aromatic nitrogens is 2. The number of nitrogens with zero attached hydrogens (tertiary/aromatic N) is 3. The van der Waals surface area contributed by atoms with Crippen molar-refractivity contribution in [2.45, 2.75) is 12.6 Å². The topological polar surface area (TPSA) is 47.1 Å². The first kappa shape index (κ1) is 15.3. The fourth-order valence-electron chi connectivity index (χ4n) is 2.27. The van der Waals surface area contributed by atoms with Crippen LogP contribution in [-0.2, 0) is 13.6 Å². The summed E-state index contributed by atoms with van der Waals surface area (Å²) in [7, 11) is 3.93. The zero-order valence-electron chi connectivity index (χ0n) is 11.6. The number of halogens is 2. The molecule has 1 heterocycles. The molecule has 2 rings (SSSR count). The molecule has 20 heavy (non-hydrogen) atoms. The summed E-state index contributed by atoms with van der Waals surface area (Å²) in [5.74, 6) is 0. The minimum Gasteiger partial charge on any atom is -0.329 e. The summed E-state index contributed by atoms with van der Waals surface area (Å²) in [6.07, 6.45) is 3.85. The van der Waals surface area contributed by atoms with E-state index in [1.807, 2.05) is 38.6 Å². The Morgan fingerprint density at radius 2 is 2.15 bits per heavy atom. The van der Waals surface area contributed by atoms with E-state index in [9.17, 15) is 0 Å². The Hall–Kier alpha value is -1.07. The van der Waals surface area contributed by atoms with Crippen molar-refractivity contribution in [1.82, 2.24) is 14.7 Å². The van der Waals surface area contributed by atoms with Crippen molar-refractivity contribution in [2.24, 2.45) is 12.8 Å². The van der Waals surface area contributed by atoms with Gasteiger partial charge in [0.05, 0.1) is 6.20 Å². The summed E-state index contributed by atoms with van der Waals surface area (Å²) in [6, 6.07) is 5.56. The van der Waals surface area contributed by atoms with Crippen molar-refractivity contribution >= 4 is 23.2 Å². The number of hydrogen-bond donors (Lipinski definition) is 1. The van der Waals surface area contributed by atoms with E-state index in [1.54, 1.807) is 10.7 Å². The van der Waals surface area contributed by atoms with Gasteiger partial charge < -0.3 is 5.73 Å². The van der Waals surface area contributed by atoms with Crippen LogP contribution in [-0.4, -0.2) is 28.3 Å². The largest absolute Gasteiger partial charge is 0.329 e. The Balaban J connectivity index is 2.18. The van der Waals surface area contributed by atoms with Gasteiger partial charge in [0.2, 0.25) is 0 Å². The van der Waals surface area contributed by atoms with Crippen molar-refractivity contribution in [1.29, 1.82) is 0 Å². The maximum Gasteiger partial charge on any atom is 0.0534 e. The molecule has 0 saturated heterocycles. The molecule has 0 aliphatic carbocycles. The molecule has 0 amide bonds. The molecule has 2 aromatic rings. The van der Waals surface area contributed by atoms with E-state index in [-0.39, 0.29) is 6.04 Å². The minimum atomic E-state index is 0.0416. The van der Waals surface area contributed by atoms with E-state index in [0.29, 0.717) is 16.6 Å². The summed E-state index contributed by atoms with van der Waals surface area (Å²) in [6.45, 7) is 1.24. The minimum absolute atomic E-state index is 0.0416. The second-order valence-corrected chi connectivity index (χ2v) is 5.70. The highest BCUT2D eigenvalue weighted by atomic mass is 35.5. The number of nitrogens with two attached hydrogens (primary N) is 1. The monoisotopic (exact) mass is 312 g/mol. The number of aryl methyl sites for hydroxylation is 1. The van der Waals surface area contributed by atoms with Gasteiger partial charge in [-0.15, -0.1) is 0 Å². The van der Waals surface area contributed by atoms with Gasteiger partial charge in [0.25, 0.3) is 0 Å². The molecular weight excluding hydrogens is 295 g/mol. The van der Waals surface area contributed by atoms with E-state index in [0.717, 1.165) is 17.7 Å². The summed E-state index contributed by atoms with van der Waals surface area (Å²) >= 11 is 12.2. The van der Waals surface area contributed by atoms with Gasteiger partial charge >= 0.3 is 0 Å². The average molecular weight is 313 g/mol. The van der Waals surface area contributed by atoms with Crippen molar-refractivity contribution in [2.75, 3.05) is 13.6 Å². The van der Waals surface area contributed by atoms with Gasteiger partial charge in [-0.05, 0) is 24.7 Å². The third kappa shape index (κ3) is 3.52. The lowest BCUT2D eigenvalue weighted by Gasteiger charge is -2.27. The van der Waals surface area contributed by atoms with E-state index in [2.05, 4.69) is 10.00 Å². The molecule has 0 bridgehead atoms. The van der Waals surface area contributed by atoms with Crippen molar-refractivity contribution in [3.63, 3.8) is 0 Å². The van der Waals surface area contributed by atoms with Gasteiger partial charge in [0.15, 0.2) is 0 Å². The van der Waals surface area contributed by atoms with Crippen LogP contribution >= 0.6 is 23.2 Å². The lowest BCUT2D eigenvalue weighted by atomic mass is 10.1. The Kier molecular flexibility index (Phi) is 5.05. The van der Waals surface area contributed by atoms with E-state index >= 15 is 0 Å². The molecule has 1 aromatic heterocycles. The first-order valence-corrected chi connectivity index (χ1v) is 7.09. The fourth-order valence-corrected chi connectivity index (χ4v) is 2.80. The van der Waals surface area contributed by atoms with Crippen LogP contribution in [0.5, 0.6) is 0 Å². The van der Waals surface area contributed by atoms with E-state index in [1.165, 1.54) is 0 Å². The normalized spacial score (nSPS) is 12.9. The maximum atomic E-state index is 6.27. The van der Waals surface area contributed by atoms with Gasteiger partial charge in [-0.2, -0.15) is 5.10 Å². The lowest BCUT2D eigenvalue weighted by Crippen LogP contribution is -2.30. The van der Waals surface area contributed by atoms with E-state index < -0.39 is 0 Å². The number of likely N-dealkylation sites (N-methyl/N-ethyl adjacent to an activating group) is 1. The summed E-state index contributed by atoms with van der Waals surface area (Å²) < 4.78 is 1.79. The third-order valence-electron chi connectivity index (χ3n) is 3.27. The van der Waals surface area contributed by atoms with Crippen molar-refractivity contribution in [3.05, 3.63) is 51.8 Å². The highest BCUT2D eigenvalue weighted by Gasteiger charge is 2.19. The molecule has 1 atom stereocenters. The molecular formula is C14H18Cl2N4. The number of hydrogen-bond acceptors (Lipinski definition) is 3. The van der Waals surface area contributed by atoms with Crippen molar-refractivity contribution < 1.29 is 0 Å². The zero-order chi connectivity index (χ0) is 14.7. The van der Waals surface area contributed by atoms with Gasteiger partial charge in [-0.3, -0.25) is 9.58 Å². The van der Waals surface area contributed by atoms with Crippen LogP contribution in [0.2, 0.25) is 10.0 Å². The summed E-state index contributed by atoms with van der Waals surface area (Å²) in [5.41, 5.74) is 8.05. The number of rotatable bonds is 5. The molecule has 108 valence electrons. The zero-order valence-corrected chi connectivity index (χ0v) is 13.1. The quantitative estimate of drug-likeness (QED) is 0.923. The first-order valence-electron chi connectivity index (χ1n) is 6.34. The molecule has 0 aliphatic heterocycles. The molecule has 0 saturated carbocycles. The van der Waals surface area contributed by atoms with E-state index in [4.69, 9.17) is 28.9 Å². The molecule has 0 spiro atoms. The van der Waals surface area contributed by atoms with Gasteiger partial charge in [0.1, 0.15) is 0 Å². The number of benzene rings is 1. The van der Waals surface area contributed by atoms with Gasteiger partial charge in [0, 0.05) is 48.0 Å². The van der Waals surface area contributed by atoms with Crippen molar-refractivity contribution in [3.8, 4) is 0 Å². The summed E-state index contributed by atoms with van der Waals surface area (Å²) in [4.78, 5) is 2.16. The predicted octanol–water partition coefficient (Wildman–Crippen LogP) is 2.86. The first-order chi connectivity index (χ1) is 9.51. The molecule has 4 nitrogen and oxygen atoms in total. The molecule has 6 heteroatoms. The molecule has 2 N–H and O–H groups in total. The summed E-state index contributed by atoms with van der Waals surface area (Å²) in [5, 5.41) is 5.45. The van der Waals surface area contributed by atoms with Crippen LogP contribution in [0.4, 0.5) is 0 Å². The second kappa shape index (κ2) is 6.59. The van der Waals surface area contributed by atoms with Crippen LogP contribution in [0.3, 0.4) is 0 Å². The van der Waals surface area contributed by atoms with Gasteiger partial charge in [-0.1, -0.05) is 29.3 Å². The Labute approximate surface area is 129 Å². The molecule has 0 radical (unpaired) electrons. The van der Waals surface area contributed by atoms with Crippen LogP contribution < -0.4 is 5.73 Å². The van der Waals surface area contributed by atoms with Crippen LogP contribution in [0, 0.1) is 0 Å². The maximum absolute atomic E-state index is 6.27. The predicted molar refractivity (Wildman–Crippen MR) is 82.9 cm³/mol. The SMILES string of the molecule is CN(Cc1cnn(C)c1)C(CN)c1ccc(Cl)cc1Cl. The van der Waals surface area contributed by atoms with Crippen LogP contribution in [0.15, 0.2) is 30.6 Å². The smallest absolute Gasteiger partial charge is 0.0534 e. The van der Waals surface area contributed by atoms with Crippen LogP contribution in [0.1, 0.15) is 17.2 Å². The molecule has 0 aliphatic rings. The Morgan fingerprint density at radius 3 is 2.70 bits per heavy atom. The third-order valence-corrected chi connectivity index (χ3v) is 3.83. The molecule has 1 aromatic carbocycles. The molecule has 0 fully saturated rings. The highest BCUT2D eigenvalue weighted by molar-refractivity contribution is 6.35. The fraction of sp³-hybridized carbons (Fsp3) is 0.357. The average Bonchev–Trinajstić information content (AvgIpc) is 2.78. The lowest BCUT2D eigenvalue weighted by molar-refractivity contribution is 0.242. The Bertz CT molecular complexity index is 582. The standard InChI is InChI=1S/C14H18Cl2N4/c1-19(8-10-7-18-20(2)9-10)14(6-17)12-4-3-11(15)5-13(12)16/h3-5,7,9,14H,6,8,17H2,1-2H3. The van der Waals surface area contributed by atoms with Gasteiger partial charge in [-0.25, -0.2) is 0 Å². The van der Waals surface area contributed by atoms with Crippen LogP contribution in [0.25, 0.3) is 0 Å². The second-order valence-electron chi connectivity index (χ2n) is 4.85. The molecule has 1 unspecified atom stereocenters.